The first-order chi connectivity index (χ1) is 9.22. The number of hydrogen-bond acceptors (Lipinski definition) is 2. The quantitative estimate of drug-likeness (QED) is 0.845. The number of benzene rings is 1. The Balaban J connectivity index is 1.53. The van der Waals surface area contributed by atoms with Gasteiger partial charge in [-0.1, -0.05) is 24.3 Å². The molecule has 2 aliphatic rings. The minimum absolute atomic E-state index is 0.0994. The van der Waals surface area contributed by atoms with Crippen molar-refractivity contribution in [2.24, 2.45) is 11.3 Å². The van der Waals surface area contributed by atoms with E-state index in [0.717, 1.165) is 38.6 Å². The van der Waals surface area contributed by atoms with Crippen LogP contribution >= 0.6 is 0 Å². The maximum atomic E-state index is 12.2. The second kappa shape index (κ2) is 4.97. The highest BCUT2D eigenvalue weighted by atomic mass is 16.3. The average Bonchev–Trinajstić information content (AvgIpc) is 3.04. The van der Waals surface area contributed by atoms with Crippen molar-refractivity contribution in [2.75, 3.05) is 13.2 Å². The van der Waals surface area contributed by atoms with Gasteiger partial charge in [-0.2, -0.15) is 0 Å². The fraction of sp³-hybridized carbons (Fsp3) is 0.562. The van der Waals surface area contributed by atoms with Crippen molar-refractivity contribution in [3.8, 4) is 0 Å². The Morgan fingerprint density at radius 2 is 1.89 bits per heavy atom. The molecule has 1 aromatic carbocycles. The van der Waals surface area contributed by atoms with E-state index in [4.69, 9.17) is 5.11 Å². The fourth-order valence-corrected chi connectivity index (χ4v) is 3.09. The number of carbonyl (C=O) groups is 1. The molecule has 0 aliphatic heterocycles. The van der Waals surface area contributed by atoms with E-state index in [0.29, 0.717) is 0 Å². The van der Waals surface area contributed by atoms with Crippen molar-refractivity contribution in [3.63, 3.8) is 0 Å². The van der Waals surface area contributed by atoms with Crippen molar-refractivity contribution >= 4 is 5.91 Å². The molecule has 0 radical (unpaired) electrons. The van der Waals surface area contributed by atoms with Crippen molar-refractivity contribution in [2.45, 2.75) is 32.1 Å². The largest absolute Gasteiger partial charge is 0.396 e. The van der Waals surface area contributed by atoms with Gasteiger partial charge >= 0.3 is 0 Å². The SMILES string of the molecule is O=C(NCC1(CCO)CC1)C1Cc2ccccc2C1. The van der Waals surface area contributed by atoms with Crippen molar-refractivity contribution in [1.82, 2.24) is 5.32 Å². The van der Waals surface area contributed by atoms with E-state index in [1.165, 1.54) is 11.1 Å². The zero-order valence-electron chi connectivity index (χ0n) is 11.2. The van der Waals surface area contributed by atoms with Gasteiger partial charge in [-0.05, 0) is 48.6 Å². The summed E-state index contributed by atoms with van der Waals surface area (Å²) in [5.74, 6) is 0.280. The highest BCUT2D eigenvalue weighted by Crippen LogP contribution is 2.48. The third-order valence-electron chi connectivity index (χ3n) is 4.66. The van der Waals surface area contributed by atoms with E-state index in [9.17, 15) is 4.79 Å². The highest BCUT2D eigenvalue weighted by molar-refractivity contribution is 5.80. The molecule has 102 valence electrons. The van der Waals surface area contributed by atoms with Gasteiger partial charge in [-0.15, -0.1) is 0 Å². The lowest BCUT2D eigenvalue weighted by Gasteiger charge is -2.16. The van der Waals surface area contributed by atoms with Crippen LogP contribution < -0.4 is 5.32 Å². The van der Waals surface area contributed by atoms with E-state index >= 15 is 0 Å². The first kappa shape index (κ1) is 12.7. The summed E-state index contributed by atoms with van der Waals surface area (Å²) in [6.07, 6.45) is 4.83. The molecule has 0 aromatic heterocycles. The standard InChI is InChI=1S/C16H21NO2/c18-8-7-16(5-6-16)11-17-15(19)14-9-12-3-1-2-4-13(12)10-14/h1-4,14,18H,5-11H2,(H,17,19). The zero-order valence-corrected chi connectivity index (χ0v) is 11.2. The molecule has 0 spiro atoms. The monoisotopic (exact) mass is 259 g/mol. The first-order valence-electron chi connectivity index (χ1n) is 7.18. The van der Waals surface area contributed by atoms with Gasteiger partial charge in [0.05, 0.1) is 0 Å². The summed E-state index contributed by atoms with van der Waals surface area (Å²) >= 11 is 0. The van der Waals surface area contributed by atoms with Crippen LogP contribution in [0.2, 0.25) is 0 Å². The molecule has 19 heavy (non-hydrogen) atoms. The number of fused-ring (bicyclic) bond motifs is 1. The van der Waals surface area contributed by atoms with Gasteiger partial charge in [0.2, 0.25) is 5.91 Å². The van der Waals surface area contributed by atoms with Crippen LogP contribution in [0.1, 0.15) is 30.4 Å². The summed E-state index contributed by atoms with van der Waals surface area (Å²) in [7, 11) is 0. The molecule has 1 saturated carbocycles. The first-order valence-corrected chi connectivity index (χ1v) is 7.18. The molecule has 3 heteroatoms. The Bertz CT molecular complexity index is 454. The average molecular weight is 259 g/mol. The van der Waals surface area contributed by atoms with Gasteiger partial charge in [-0.25, -0.2) is 0 Å². The lowest BCUT2D eigenvalue weighted by atomic mass is 10.0. The van der Waals surface area contributed by atoms with Gasteiger partial charge in [0.25, 0.3) is 0 Å². The lowest BCUT2D eigenvalue weighted by molar-refractivity contribution is -0.125. The minimum Gasteiger partial charge on any atom is -0.396 e. The molecule has 3 rings (SSSR count). The molecular weight excluding hydrogens is 238 g/mol. The Morgan fingerprint density at radius 3 is 2.42 bits per heavy atom. The second-order valence-electron chi connectivity index (χ2n) is 6.07. The number of hydrogen-bond donors (Lipinski definition) is 2. The van der Waals surface area contributed by atoms with E-state index in [2.05, 4.69) is 17.4 Å². The molecular formula is C16H21NO2. The number of aliphatic hydroxyl groups is 1. The molecule has 1 amide bonds. The summed E-state index contributed by atoms with van der Waals surface area (Å²) in [6.45, 7) is 0.962. The van der Waals surface area contributed by atoms with E-state index in [1.807, 2.05) is 12.1 Å². The Labute approximate surface area is 114 Å². The third-order valence-corrected chi connectivity index (χ3v) is 4.66. The number of nitrogens with one attached hydrogen (secondary N) is 1. The number of amides is 1. The predicted molar refractivity (Wildman–Crippen MR) is 73.7 cm³/mol. The van der Waals surface area contributed by atoms with Gasteiger partial charge in [0.1, 0.15) is 0 Å². The van der Waals surface area contributed by atoms with Gasteiger partial charge < -0.3 is 10.4 Å². The summed E-state index contributed by atoms with van der Waals surface area (Å²) in [5.41, 5.74) is 2.84. The smallest absolute Gasteiger partial charge is 0.223 e. The normalized spacial score (nSPS) is 20.1. The van der Waals surface area contributed by atoms with Crippen LogP contribution in [0.3, 0.4) is 0 Å². The number of carbonyl (C=O) groups excluding carboxylic acids is 1. The molecule has 2 N–H and O–H groups in total. The molecule has 1 aromatic rings. The van der Waals surface area contributed by atoms with Crippen LogP contribution in [0.5, 0.6) is 0 Å². The summed E-state index contributed by atoms with van der Waals surface area (Å²) in [6, 6.07) is 8.33. The van der Waals surface area contributed by atoms with Crippen LogP contribution in [0.25, 0.3) is 0 Å². The van der Waals surface area contributed by atoms with Crippen molar-refractivity contribution < 1.29 is 9.90 Å². The van der Waals surface area contributed by atoms with Crippen LogP contribution in [0, 0.1) is 11.3 Å². The Kier molecular flexibility index (Phi) is 3.31. The second-order valence-corrected chi connectivity index (χ2v) is 6.07. The molecule has 0 heterocycles. The summed E-state index contributed by atoms with van der Waals surface area (Å²) < 4.78 is 0. The number of rotatable bonds is 5. The van der Waals surface area contributed by atoms with E-state index in [-0.39, 0.29) is 23.8 Å². The molecule has 1 fully saturated rings. The van der Waals surface area contributed by atoms with Gasteiger partial charge in [0, 0.05) is 19.1 Å². The number of aliphatic hydroxyl groups excluding tert-OH is 1. The topological polar surface area (TPSA) is 49.3 Å². The molecule has 3 nitrogen and oxygen atoms in total. The fourth-order valence-electron chi connectivity index (χ4n) is 3.09. The van der Waals surface area contributed by atoms with Crippen LogP contribution in [-0.2, 0) is 17.6 Å². The molecule has 0 bridgehead atoms. The maximum Gasteiger partial charge on any atom is 0.223 e. The predicted octanol–water partition coefficient (Wildman–Crippen LogP) is 1.68. The molecule has 2 aliphatic carbocycles. The Morgan fingerprint density at radius 1 is 1.26 bits per heavy atom. The van der Waals surface area contributed by atoms with Crippen molar-refractivity contribution in [1.29, 1.82) is 0 Å². The summed E-state index contributed by atoms with van der Waals surface area (Å²) in [4.78, 5) is 12.2. The van der Waals surface area contributed by atoms with Gasteiger partial charge in [0.15, 0.2) is 0 Å². The van der Waals surface area contributed by atoms with Crippen LogP contribution in [0.4, 0.5) is 0 Å². The minimum atomic E-state index is 0.0994. The summed E-state index contributed by atoms with van der Waals surface area (Å²) in [5, 5.41) is 12.1. The zero-order chi connectivity index (χ0) is 13.3. The van der Waals surface area contributed by atoms with Crippen molar-refractivity contribution in [3.05, 3.63) is 35.4 Å². The third kappa shape index (κ3) is 2.66. The molecule has 0 unspecified atom stereocenters. The lowest BCUT2D eigenvalue weighted by Crippen LogP contribution is -2.35. The van der Waals surface area contributed by atoms with Crippen LogP contribution in [-0.4, -0.2) is 24.2 Å². The van der Waals surface area contributed by atoms with E-state index in [1.54, 1.807) is 0 Å². The maximum absolute atomic E-state index is 12.2. The molecule has 0 atom stereocenters. The highest BCUT2D eigenvalue weighted by Gasteiger charge is 2.42. The van der Waals surface area contributed by atoms with E-state index < -0.39 is 0 Å². The Hall–Kier alpha value is -1.35. The van der Waals surface area contributed by atoms with Gasteiger partial charge in [-0.3, -0.25) is 4.79 Å². The molecule has 0 saturated heterocycles. The van der Waals surface area contributed by atoms with Crippen LogP contribution in [0.15, 0.2) is 24.3 Å².